The van der Waals surface area contributed by atoms with Crippen LogP contribution in [0.3, 0.4) is 0 Å². The topological polar surface area (TPSA) is 73.3 Å². The summed E-state index contributed by atoms with van der Waals surface area (Å²) >= 11 is 0. The van der Waals surface area contributed by atoms with Crippen LogP contribution in [0.15, 0.2) is 42.6 Å². The highest BCUT2D eigenvalue weighted by Gasteiger charge is 2.22. The molecule has 1 aliphatic rings. The van der Waals surface area contributed by atoms with Gasteiger partial charge in [0.15, 0.2) is 11.6 Å². The highest BCUT2D eigenvalue weighted by atomic mass is 19.2. The first-order chi connectivity index (χ1) is 15.6. The molecule has 1 fully saturated rings. The number of aromatic nitrogens is 4. The van der Waals surface area contributed by atoms with Crippen molar-refractivity contribution in [1.29, 1.82) is 0 Å². The van der Waals surface area contributed by atoms with Gasteiger partial charge in [-0.3, -0.25) is 0 Å². The Balaban J connectivity index is 1.57. The van der Waals surface area contributed by atoms with E-state index in [0.717, 1.165) is 57.2 Å². The molecule has 0 spiro atoms. The van der Waals surface area contributed by atoms with Crippen LogP contribution in [-0.2, 0) is 0 Å². The van der Waals surface area contributed by atoms with E-state index >= 15 is 0 Å². The molecule has 1 aromatic carbocycles. The molecule has 0 radical (unpaired) electrons. The summed E-state index contributed by atoms with van der Waals surface area (Å²) in [6.45, 7) is 8.55. The van der Waals surface area contributed by atoms with Crippen molar-refractivity contribution in [1.82, 2.24) is 19.9 Å². The highest BCUT2D eigenvalue weighted by Crippen LogP contribution is 2.22. The van der Waals surface area contributed by atoms with Gasteiger partial charge in [-0.15, -0.1) is 0 Å². The minimum atomic E-state index is -0.932. The van der Waals surface area contributed by atoms with Gasteiger partial charge in [0.05, 0.1) is 0 Å². The second-order valence-corrected chi connectivity index (χ2v) is 7.35. The van der Waals surface area contributed by atoms with Crippen LogP contribution in [0.1, 0.15) is 13.8 Å². The van der Waals surface area contributed by atoms with Crippen LogP contribution in [0.4, 0.5) is 38.1 Å². The molecule has 0 saturated carbocycles. The van der Waals surface area contributed by atoms with Crippen LogP contribution >= 0.6 is 0 Å². The van der Waals surface area contributed by atoms with Crippen molar-refractivity contribution in [2.75, 3.05) is 59.3 Å². The van der Waals surface area contributed by atoms with E-state index in [1.165, 1.54) is 6.07 Å². The molecule has 4 rings (SSSR count). The maximum absolute atomic E-state index is 13.7. The zero-order valence-corrected chi connectivity index (χ0v) is 18.2. The third-order valence-corrected chi connectivity index (χ3v) is 5.37. The largest absolute Gasteiger partial charge is 0.353 e. The van der Waals surface area contributed by atoms with Crippen molar-refractivity contribution in [3.8, 4) is 0 Å². The number of hydrogen-bond donors (Lipinski definition) is 1. The first-order valence-corrected chi connectivity index (χ1v) is 10.7. The number of rotatable bonds is 7. The molecule has 0 amide bonds. The molecule has 3 heterocycles. The van der Waals surface area contributed by atoms with Gasteiger partial charge in [0.1, 0.15) is 5.82 Å². The predicted octanol–water partition coefficient (Wildman–Crippen LogP) is 3.46. The number of pyridine rings is 1. The molecule has 1 N–H and O–H groups in total. The van der Waals surface area contributed by atoms with E-state index in [-0.39, 0.29) is 5.95 Å². The lowest BCUT2D eigenvalue weighted by Gasteiger charge is -2.35. The van der Waals surface area contributed by atoms with Gasteiger partial charge in [-0.05, 0) is 38.1 Å². The number of halogens is 2. The van der Waals surface area contributed by atoms with Crippen molar-refractivity contribution in [3.05, 3.63) is 54.2 Å². The predicted molar refractivity (Wildman–Crippen MR) is 122 cm³/mol. The Hall–Kier alpha value is -3.56. The maximum atomic E-state index is 13.7. The summed E-state index contributed by atoms with van der Waals surface area (Å²) in [5.74, 6) is 0.493. The van der Waals surface area contributed by atoms with Gasteiger partial charge in [0, 0.05) is 57.2 Å². The van der Waals surface area contributed by atoms with E-state index in [9.17, 15) is 8.78 Å². The van der Waals surface area contributed by atoms with Crippen molar-refractivity contribution in [3.63, 3.8) is 0 Å². The summed E-state index contributed by atoms with van der Waals surface area (Å²) in [5.41, 5.74) is 0.367. The molecule has 1 saturated heterocycles. The molecular weight excluding hydrogens is 414 g/mol. The fraction of sp³-hybridized carbons (Fsp3) is 0.364. The van der Waals surface area contributed by atoms with E-state index in [4.69, 9.17) is 4.98 Å². The summed E-state index contributed by atoms with van der Waals surface area (Å²) in [7, 11) is 0. The zero-order chi connectivity index (χ0) is 22.5. The van der Waals surface area contributed by atoms with Gasteiger partial charge < -0.3 is 20.0 Å². The lowest BCUT2D eigenvalue weighted by atomic mass is 10.3. The number of hydrogen-bond acceptors (Lipinski definition) is 8. The molecular formula is C22H26F2N8. The minimum absolute atomic E-state index is 0.287. The molecule has 3 aromatic rings. The number of benzene rings is 1. The first kappa shape index (κ1) is 21.7. The standard InChI is InChI=1S/C22H26F2N8/c1-3-30(4-2)21-27-20(26-16-8-9-17(23)18(24)15-16)28-22(29-21)32-13-11-31(12-14-32)19-7-5-6-10-25-19/h5-10,15H,3-4,11-14H2,1-2H3,(H,26,27,28,29). The summed E-state index contributed by atoms with van der Waals surface area (Å²) in [6, 6.07) is 9.49. The van der Waals surface area contributed by atoms with Crippen LogP contribution in [-0.4, -0.2) is 59.2 Å². The molecule has 1 aliphatic heterocycles. The molecule has 2 aromatic heterocycles. The highest BCUT2D eigenvalue weighted by molar-refractivity contribution is 5.56. The van der Waals surface area contributed by atoms with Crippen molar-refractivity contribution in [2.45, 2.75) is 13.8 Å². The molecule has 8 nitrogen and oxygen atoms in total. The van der Waals surface area contributed by atoms with Gasteiger partial charge in [-0.1, -0.05) is 6.07 Å². The second-order valence-electron chi connectivity index (χ2n) is 7.35. The zero-order valence-electron chi connectivity index (χ0n) is 18.2. The average Bonchev–Trinajstić information content (AvgIpc) is 2.83. The van der Waals surface area contributed by atoms with Gasteiger partial charge in [0.2, 0.25) is 17.8 Å². The minimum Gasteiger partial charge on any atom is -0.353 e. The van der Waals surface area contributed by atoms with Gasteiger partial charge in [0.25, 0.3) is 0 Å². The maximum Gasteiger partial charge on any atom is 0.233 e. The Bertz CT molecular complexity index is 1040. The van der Waals surface area contributed by atoms with Crippen LogP contribution in [0.2, 0.25) is 0 Å². The molecule has 0 atom stereocenters. The van der Waals surface area contributed by atoms with E-state index in [2.05, 4.69) is 30.1 Å². The number of anilines is 5. The third-order valence-electron chi connectivity index (χ3n) is 5.37. The normalized spacial score (nSPS) is 13.9. The average molecular weight is 441 g/mol. The first-order valence-electron chi connectivity index (χ1n) is 10.7. The molecule has 0 unspecified atom stereocenters. The Kier molecular flexibility index (Phi) is 6.58. The lowest BCUT2D eigenvalue weighted by molar-refractivity contribution is 0.509. The van der Waals surface area contributed by atoms with E-state index in [1.807, 2.05) is 36.9 Å². The SMILES string of the molecule is CCN(CC)c1nc(Nc2ccc(F)c(F)c2)nc(N2CCN(c3ccccn3)CC2)n1. The molecule has 168 valence electrons. The monoisotopic (exact) mass is 440 g/mol. The van der Waals surface area contributed by atoms with Crippen molar-refractivity contribution >= 4 is 29.4 Å². The van der Waals surface area contributed by atoms with Crippen LogP contribution < -0.4 is 20.0 Å². The number of nitrogens with one attached hydrogen (secondary N) is 1. The van der Waals surface area contributed by atoms with Crippen LogP contribution in [0.25, 0.3) is 0 Å². The molecule has 0 bridgehead atoms. The third kappa shape index (κ3) is 4.84. The summed E-state index contributed by atoms with van der Waals surface area (Å²) < 4.78 is 26.9. The Morgan fingerprint density at radius 1 is 0.906 bits per heavy atom. The van der Waals surface area contributed by atoms with Crippen LogP contribution in [0, 0.1) is 11.6 Å². The fourth-order valence-corrected chi connectivity index (χ4v) is 3.58. The van der Waals surface area contributed by atoms with Gasteiger partial charge >= 0.3 is 0 Å². The van der Waals surface area contributed by atoms with Gasteiger partial charge in [-0.25, -0.2) is 13.8 Å². The fourth-order valence-electron chi connectivity index (χ4n) is 3.58. The second kappa shape index (κ2) is 9.71. The van der Waals surface area contributed by atoms with E-state index < -0.39 is 11.6 Å². The summed E-state index contributed by atoms with van der Waals surface area (Å²) in [6.07, 6.45) is 1.79. The Morgan fingerprint density at radius 3 is 2.31 bits per heavy atom. The molecule has 10 heteroatoms. The van der Waals surface area contributed by atoms with Crippen molar-refractivity contribution < 1.29 is 8.78 Å². The number of piperazine rings is 1. The smallest absolute Gasteiger partial charge is 0.233 e. The van der Waals surface area contributed by atoms with E-state index in [0.29, 0.717) is 17.6 Å². The lowest BCUT2D eigenvalue weighted by Crippen LogP contribution is -2.47. The summed E-state index contributed by atoms with van der Waals surface area (Å²) in [5, 5.41) is 2.99. The Morgan fingerprint density at radius 2 is 1.66 bits per heavy atom. The van der Waals surface area contributed by atoms with E-state index in [1.54, 1.807) is 6.20 Å². The molecule has 0 aliphatic carbocycles. The van der Waals surface area contributed by atoms with Crippen molar-refractivity contribution in [2.24, 2.45) is 0 Å². The summed E-state index contributed by atoms with van der Waals surface area (Å²) in [4.78, 5) is 24.5. The molecule has 32 heavy (non-hydrogen) atoms. The quantitative estimate of drug-likeness (QED) is 0.599. The Labute approximate surface area is 185 Å². The number of nitrogens with zero attached hydrogens (tertiary/aromatic N) is 7. The van der Waals surface area contributed by atoms with Gasteiger partial charge in [-0.2, -0.15) is 15.0 Å². The van der Waals surface area contributed by atoms with Crippen LogP contribution in [0.5, 0.6) is 0 Å².